The van der Waals surface area contributed by atoms with Crippen molar-refractivity contribution in [3.05, 3.63) is 45.6 Å². The molecule has 0 saturated carbocycles. The maximum atomic E-state index is 12.4. The number of carbonyl (C=O) groups is 2. The van der Waals surface area contributed by atoms with Crippen LogP contribution < -0.4 is 4.80 Å². The summed E-state index contributed by atoms with van der Waals surface area (Å²) in [7, 11) is 0. The Hall–Kier alpha value is -2.74. The fraction of sp³-hybridized carbons (Fsp3) is 0.333. The number of amides is 1. The minimum absolute atomic E-state index is 0.0160. The number of carbonyl (C=O) groups excluding carboxylic acids is 2. The van der Waals surface area contributed by atoms with Gasteiger partial charge in [-0.05, 0) is 51.0 Å². The highest BCUT2D eigenvalue weighted by molar-refractivity contribution is 7.16. The zero-order valence-electron chi connectivity index (χ0n) is 15.0. The van der Waals surface area contributed by atoms with Gasteiger partial charge in [0.1, 0.15) is 6.54 Å². The highest BCUT2D eigenvalue weighted by Gasteiger charge is 2.15. The molecule has 0 radical (unpaired) electrons. The lowest BCUT2D eigenvalue weighted by Gasteiger charge is -2.06. The second kappa shape index (κ2) is 7.25. The number of aryl methyl sites for hydroxylation is 3. The van der Waals surface area contributed by atoms with Crippen LogP contribution in [0.3, 0.4) is 0 Å². The molecule has 0 spiro atoms. The van der Waals surface area contributed by atoms with Crippen LogP contribution in [0.5, 0.6) is 0 Å². The second-order valence-corrected chi connectivity index (χ2v) is 6.94. The Kier molecular flexibility index (Phi) is 5.03. The molecule has 0 atom stereocenters. The van der Waals surface area contributed by atoms with Crippen molar-refractivity contribution in [2.24, 2.45) is 4.99 Å². The molecular weight excluding hydrogens is 354 g/mol. The van der Waals surface area contributed by atoms with Gasteiger partial charge in [0.05, 0.1) is 22.5 Å². The number of nitrogens with zero attached hydrogens (tertiary/aromatic N) is 3. The molecule has 0 aliphatic carbocycles. The monoisotopic (exact) mass is 373 g/mol. The molecule has 1 amide bonds. The van der Waals surface area contributed by atoms with E-state index in [4.69, 9.17) is 9.26 Å². The fourth-order valence-electron chi connectivity index (χ4n) is 2.50. The van der Waals surface area contributed by atoms with Gasteiger partial charge < -0.3 is 13.8 Å². The van der Waals surface area contributed by atoms with Crippen LogP contribution in [0.15, 0.2) is 27.7 Å². The number of thiazole rings is 1. The molecule has 2 heterocycles. The molecule has 0 bridgehead atoms. The summed E-state index contributed by atoms with van der Waals surface area (Å²) in [4.78, 5) is 29.0. The van der Waals surface area contributed by atoms with Gasteiger partial charge in [-0.1, -0.05) is 16.5 Å². The fourth-order valence-corrected chi connectivity index (χ4v) is 3.61. The molecule has 0 aliphatic rings. The molecule has 3 aromatic rings. The van der Waals surface area contributed by atoms with Gasteiger partial charge in [-0.25, -0.2) is 0 Å². The summed E-state index contributed by atoms with van der Waals surface area (Å²) in [5, 5.41) is 3.71. The lowest BCUT2D eigenvalue weighted by molar-refractivity contribution is -0.143. The van der Waals surface area contributed by atoms with Crippen molar-refractivity contribution in [2.45, 2.75) is 34.2 Å². The van der Waals surface area contributed by atoms with Crippen LogP contribution >= 0.6 is 11.3 Å². The van der Waals surface area contributed by atoms with E-state index >= 15 is 0 Å². The van der Waals surface area contributed by atoms with Crippen molar-refractivity contribution in [3.8, 4) is 0 Å². The van der Waals surface area contributed by atoms with Gasteiger partial charge in [-0.15, -0.1) is 0 Å². The Morgan fingerprint density at radius 2 is 1.96 bits per heavy atom. The van der Waals surface area contributed by atoms with Gasteiger partial charge in [0.25, 0.3) is 0 Å². The Morgan fingerprint density at radius 3 is 2.62 bits per heavy atom. The number of hydrogen-bond donors (Lipinski definition) is 0. The van der Waals surface area contributed by atoms with Crippen molar-refractivity contribution in [2.75, 3.05) is 6.61 Å². The highest BCUT2D eigenvalue weighted by Crippen LogP contribution is 2.22. The quantitative estimate of drug-likeness (QED) is 0.656. The van der Waals surface area contributed by atoms with Crippen molar-refractivity contribution in [1.29, 1.82) is 0 Å². The first kappa shape index (κ1) is 18.1. The molecule has 0 unspecified atom stereocenters. The summed E-state index contributed by atoms with van der Waals surface area (Å²) in [5.41, 5.74) is 3.67. The lowest BCUT2D eigenvalue weighted by atomic mass is 10.1. The van der Waals surface area contributed by atoms with E-state index in [0.717, 1.165) is 21.3 Å². The summed E-state index contributed by atoms with van der Waals surface area (Å²) in [5.74, 6) is -0.854. The third-order valence-electron chi connectivity index (χ3n) is 3.93. The Balaban J connectivity index is 2.14. The van der Waals surface area contributed by atoms with E-state index in [1.165, 1.54) is 17.4 Å². The van der Waals surface area contributed by atoms with Crippen LogP contribution in [-0.4, -0.2) is 28.2 Å². The van der Waals surface area contributed by atoms with Crippen LogP contribution in [-0.2, 0) is 16.1 Å². The number of ether oxygens (including phenoxy) is 1. The molecule has 1 aromatic carbocycles. The minimum Gasteiger partial charge on any atom is -0.465 e. The summed E-state index contributed by atoms with van der Waals surface area (Å²) >= 11 is 1.34. The van der Waals surface area contributed by atoms with E-state index in [0.29, 0.717) is 17.1 Å². The number of esters is 1. The van der Waals surface area contributed by atoms with Gasteiger partial charge >= 0.3 is 11.9 Å². The van der Waals surface area contributed by atoms with Crippen molar-refractivity contribution in [3.63, 3.8) is 0 Å². The Labute approximate surface area is 153 Å². The van der Waals surface area contributed by atoms with Crippen molar-refractivity contribution >= 4 is 33.4 Å². The van der Waals surface area contributed by atoms with Crippen LogP contribution in [0.2, 0.25) is 0 Å². The van der Waals surface area contributed by atoms with E-state index in [1.54, 1.807) is 18.4 Å². The van der Waals surface area contributed by atoms with Gasteiger partial charge in [0.15, 0.2) is 4.80 Å². The molecule has 0 saturated heterocycles. The van der Waals surface area contributed by atoms with Gasteiger partial charge in [0.2, 0.25) is 5.76 Å². The average molecular weight is 373 g/mol. The molecule has 3 rings (SSSR count). The smallest absolute Gasteiger partial charge is 0.326 e. The van der Waals surface area contributed by atoms with Gasteiger partial charge in [-0.3, -0.25) is 9.59 Å². The van der Waals surface area contributed by atoms with Crippen LogP contribution in [0.4, 0.5) is 0 Å². The number of benzene rings is 1. The molecule has 7 nitrogen and oxygen atoms in total. The molecule has 0 aliphatic heterocycles. The summed E-state index contributed by atoms with van der Waals surface area (Å²) in [6, 6.07) is 5.55. The summed E-state index contributed by atoms with van der Waals surface area (Å²) < 4.78 is 12.7. The zero-order chi connectivity index (χ0) is 18.8. The Bertz CT molecular complexity index is 1060. The van der Waals surface area contributed by atoms with Gasteiger partial charge in [-0.2, -0.15) is 4.99 Å². The standard InChI is InChI=1S/C18H19N3O4S/c1-5-24-16(22)9-21-13-6-10(2)11(3)7-15(13)26-18(21)19-17(23)14-8-12(4)20-25-14/h6-8H,5,9H2,1-4H3. The summed E-state index contributed by atoms with van der Waals surface area (Å²) in [6.07, 6.45) is 0. The maximum Gasteiger partial charge on any atom is 0.326 e. The molecule has 2 aromatic heterocycles. The lowest BCUT2D eigenvalue weighted by Crippen LogP contribution is -2.23. The third-order valence-corrected chi connectivity index (χ3v) is 4.97. The van der Waals surface area contributed by atoms with E-state index in [2.05, 4.69) is 10.1 Å². The topological polar surface area (TPSA) is 86.7 Å². The predicted octanol–water partition coefficient (Wildman–Crippen LogP) is 2.92. The van der Waals surface area contributed by atoms with Crippen molar-refractivity contribution in [1.82, 2.24) is 9.72 Å². The molecular formula is C18H19N3O4S. The number of hydrogen-bond acceptors (Lipinski definition) is 6. The average Bonchev–Trinajstić information content (AvgIpc) is 3.14. The number of fused-ring (bicyclic) bond motifs is 1. The number of aromatic nitrogens is 2. The van der Waals surface area contributed by atoms with Crippen LogP contribution in [0.1, 0.15) is 34.3 Å². The van der Waals surface area contributed by atoms with Crippen LogP contribution in [0, 0.1) is 20.8 Å². The first-order valence-electron chi connectivity index (χ1n) is 8.17. The van der Waals surface area contributed by atoms with E-state index < -0.39 is 5.91 Å². The molecule has 8 heteroatoms. The first-order valence-corrected chi connectivity index (χ1v) is 8.99. The second-order valence-electron chi connectivity index (χ2n) is 5.93. The van der Waals surface area contributed by atoms with E-state index in [-0.39, 0.29) is 18.3 Å². The summed E-state index contributed by atoms with van der Waals surface area (Å²) in [6.45, 7) is 7.78. The first-order chi connectivity index (χ1) is 12.4. The molecule has 0 fully saturated rings. The third kappa shape index (κ3) is 3.60. The maximum absolute atomic E-state index is 12.4. The Morgan fingerprint density at radius 1 is 1.23 bits per heavy atom. The molecule has 26 heavy (non-hydrogen) atoms. The largest absolute Gasteiger partial charge is 0.465 e. The molecule has 136 valence electrons. The minimum atomic E-state index is -0.539. The van der Waals surface area contributed by atoms with E-state index in [1.807, 2.05) is 26.0 Å². The van der Waals surface area contributed by atoms with E-state index in [9.17, 15) is 9.59 Å². The van der Waals surface area contributed by atoms with Crippen molar-refractivity contribution < 1.29 is 18.8 Å². The zero-order valence-corrected chi connectivity index (χ0v) is 15.8. The van der Waals surface area contributed by atoms with Gasteiger partial charge in [0, 0.05) is 6.07 Å². The predicted molar refractivity (Wildman–Crippen MR) is 97.1 cm³/mol. The molecule has 0 N–H and O–H groups in total. The highest BCUT2D eigenvalue weighted by atomic mass is 32.1. The SMILES string of the molecule is CCOC(=O)Cn1c(=NC(=O)c2cc(C)no2)sc2cc(C)c(C)cc21. The number of rotatable bonds is 4. The normalized spacial score (nSPS) is 11.9. The van der Waals surface area contributed by atoms with Crippen LogP contribution in [0.25, 0.3) is 10.2 Å².